The summed E-state index contributed by atoms with van der Waals surface area (Å²) in [6.45, 7) is 2.55. The zero-order valence-electron chi connectivity index (χ0n) is 25.0. The van der Waals surface area contributed by atoms with Crippen molar-refractivity contribution in [1.29, 1.82) is 0 Å². The molecule has 0 aliphatic heterocycles. The first-order chi connectivity index (χ1) is 21.4. The quantitative estimate of drug-likeness (QED) is 0.164. The van der Waals surface area contributed by atoms with Crippen molar-refractivity contribution >= 4 is 34.4 Å². The first kappa shape index (κ1) is 30.7. The molecule has 4 aromatic rings. The molecule has 2 amide bonds. The third kappa shape index (κ3) is 7.99. The summed E-state index contributed by atoms with van der Waals surface area (Å²) < 4.78 is 10.9. The predicted octanol–water partition coefficient (Wildman–Crippen LogP) is 5.90. The summed E-state index contributed by atoms with van der Waals surface area (Å²) in [5, 5.41) is 4.01. The molecule has 2 N–H and O–H groups in total. The molecule has 3 unspecified atom stereocenters. The number of ether oxygens (including phenoxy) is 2. The van der Waals surface area contributed by atoms with E-state index in [0.717, 1.165) is 27.7 Å². The second-order valence-electron chi connectivity index (χ2n) is 11.2. The van der Waals surface area contributed by atoms with Gasteiger partial charge in [0.15, 0.2) is 0 Å². The van der Waals surface area contributed by atoms with Crippen LogP contribution in [0.1, 0.15) is 42.5 Å². The Morgan fingerprint density at radius 3 is 2.39 bits per heavy atom. The number of para-hydroxylation sites is 1. The minimum Gasteiger partial charge on any atom is -0.489 e. The van der Waals surface area contributed by atoms with E-state index in [1.807, 2.05) is 67.6 Å². The van der Waals surface area contributed by atoms with Gasteiger partial charge < -0.3 is 14.8 Å². The summed E-state index contributed by atoms with van der Waals surface area (Å²) in [6, 6.07) is 26.6. The largest absolute Gasteiger partial charge is 0.489 e. The average Bonchev–Trinajstić information content (AvgIpc) is 3.04. The normalized spacial score (nSPS) is 17.9. The number of nitrogens with one attached hydrogen (secondary N) is 2. The molecule has 3 atom stereocenters. The van der Waals surface area contributed by atoms with Crippen LogP contribution in [0.25, 0.3) is 10.9 Å². The fourth-order valence-electron chi connectivity index (χ4n) is 5.75. The van der Waals surface area contributed by atoms with Gasteiger partial charge in [0.25, 0.3) is 0 Å². The van der Waals surface area contributed by atoms with Crippen molar-refractivity contribution in [1.82, 2.24) is 10.5 Å². The van der Waals surface area contributed by atoms with Gasteiger partial charge in [-0.1, -0.05) is 48.5 Å². The number of pyridine rings is 1. The number of rotatable bonds is 11. The average molecular weight is 596 g/mol. The van der Waals surface area contributed by atoms with Crippen LogP contribution in [0.15, 0.2) is 84.9 Å². The number of nitrogens with zero attached hydrogens (tertiary/aromatic N) is 1. The second-order valence-corrected chi connectivity index (χ2v) is 11.2. The highest BCUT2D eigenvalue weighted by atomic mass is 16.6. The van der Waals surface area contributed by atoms with Crippen molar-refractivity contribution in [3.8, 4) is 5.75 Å². The van der Waals surface area contributed by atoms with Gasteiger partial charge in [-0.15, -0.1) is 0 Å². The molecule has 1 aromatic heterocycles. The van der Waals surface area contributed by atoms with Crippen molar-refractivity contribution in [3.05, 3.63) is 102 Å². The molecule has 0 radical (unpaired) electrons. The molecule has 0 saturated heterocycles. The molecule has 3 aromatic carbocycles. The van der Waals surface area contributed by atoms with Crippen molar-refractivity contribution in [2.45, 2.75) is 45.8 Å². The van der Waals surface area contributed by atoms with Gasteiger partial charge in [0.2, 0.25) is 11.8 Å². The van der Waals surface area contributed by atoms with E-state index in [4.69, 9.17) is 14.3 Å². The minimum atomic E-state index is -0.657. The molecule has 1 heterocycles. The lowest BCUT2D eigenvalue weighted by molar-refractivity contribution is -0.148. The van der Waals surface area contributed by atoms with Gasteiger partial charge in [-0.05, 0) is 74.1 Å². The number of hydrogen-bond donors (Lipinski definition) is 2. The Labute approximate surface area is 256 Å². The monoisotopic (exact) mass is 595 g/mol. The lowest BCUT2D eigenvalue weighted by Crippen LogP contribution is -2.43. The number of esters is 1. The van der Waals surface area contributed by atoms with Crippen LogP contribution < -0.4 is 15.5 Å². The summed E-state index contributed by atoms with van der Waals surface area (Å²) in [7, 11) is 1.35. The highest BCUT2D eigenvalue weighted by molar-refractivity contribution is 5.96. The van der Waals surface area contributed by atoms with Crippen molar-refractivity contribution in [2.75, 3.05) is 12.4 Å². The molecule has 0 spiro atoms. The van der Waals surface area contributed by atoms with E-state index in [1.54, 1.807) is 24.3 Å². The third-order valence-corrected chi connectivity index (χ3v) is 8.02. The number of methoxy groups -OCH3 is 1. The van der Waals surface area contributed by atoms with Crippen LogP contribution in [0, 0.1) is 24.7 Å². The topological polar surface area (TPSA) is 116 Å². The number of anilines is 1. The van der Waals surface area contributed by atoms with Gasteiger partial charge in [-0.25, -0.2) is 5.48 Å². The van der Waals surface area contributed by atoms with Crippen LogP contribution in [0.5, 0.6) is 5.75 Å². The number of carbonyl (C=O) groups is 3. The Balaban J connectivity index is 1.20. The van der Waals surface area contributed by atoms with Crippen molar-refractivity contribution < 1.29 is 28.7 Å². The number of carbonyl (C=O) groups excluding carboxylic acids is 3. The molecule has 9 heteroatoms. The minimum absolute atomic E-state index is 0.0610. The van der Waals surface area contributed by atoms with Crippen LogP contribution in [0.2, 0.25) is 0 Å². The van der Waals surface area contributed by atoms with Gasteiger partial charge >= 0.3 is 5.97 Å². The van der Waals surface area contributed by atoms with Crippen LogP contribution in [-0.2, 0) is 37.2 Å². The Kier molecular flexibility index (Phi) is 10.2. The van der Waals surface area contributed by atoms with E-state index in [-0.39, 0.29) is 36.7 Å². The maximum atomic E-state index is 13.5. The van der Waals surface area contributed by atoms with Crippen LogP contribution >= 0.6 is 0 Å². The molecular formula is C35H37N3O6. The molecule has 0 bridgehead atoms. The van der Waals surface area contributed by atoms with E-state index >= 15 is 0 Å². The molecule has 5 rings (SSSR count). The summed E-state index contributed by atoms with van der Waals surface area (Å²) in [5.41, 5.74) is 6.94. The van der Waals surface area contributed by atoms with Crippen molar-refractivity contribution in [3.63, 3.8) is 0 Å². The zero-order valence-corrected chi connectivity index (χ0v) is 25.0. The number of benzene rings is 3. The maximum Gasteiger partial charge on any atom is 0.305 e. The standard InChI is InChI=1S/C35H37N3O6/c1-23-18-26(29-10-6-7-11-32(29)36-23)22-43-28-15-13-27(14-16-28)37-34(40)30-17-12-25(20-33(39)42-2)19-31(30)35(41)38-44-21-24-8-4-3-5-9-24/h3-11,13-16,18,25,30-31H,12,17,19-22H2,1-2H3,(H,37,40)(H,38,41). The molecule has 9 nitrogen and oxygen atoms in total. The van der Waals surface area contributed by atoms with Crippen molar-refractivity contribution in [2.24, 2.45) is 17.8 Å². The Hall–Kier alpha value is -4.76. The summed E-state index contributed by atoms with van der Waals surface area (Å²) in [4.78, 5) is 48.7. The summed E-state index contributed by atoms with van der Waals surface area (Å²) in [5.74, 6) is -1.59. The second kappa shape index (κ2) is 14.6. The van der Waals surface area contributed by atoms with E-state index in [9.17, 15) is 14.4 Å². The van der Waals surface area contributed by atoms with Gasteiger partial charge in [0.1, 0.15) is 12.4 Å². The lowest BCUT2D eigenvalue weighted by Gasteiger charge is -2.34. The van der Waals surface area contributed by atoms with Gasteiger partial charge in [-0.2, -0.15) is 0 Å². The maximum absolute atomic E-state index is 13.5. The first-order valence-electron chi connectivity index (χ1n) is 14.8. The number of hydrogen-bond acceptors (Lipinski definition) is 7. The Bertz CT molecular complexity index is 1590. The smallest absolute Gasteiger partial charge is 0.305 e. The highest BCUT2D eigenvalue weighted by Gasteiger charge is 2.40. The van der Waals surface area contributed by atoms with E-state index in [2.05, 4.69) is 15.8 Å². The molecule has 44 heavy (non-hydrogen) atoms. The van der Waals surface area contributed by atoms with E-state index in [0.29, 0.717) is 37.3 Å². The first-order valence-corrected chi connectivity index (χ1v) is 14.8. The zero-order chi connectivity index (χ0) is 30.9. The molecule has 1 aliphatic rings. The number of aromatic nitrogens is 1. The molecule has 228 valence electrons. The predicted molar refractivity (Wildman–Crippen MR) is 166 cm³/mol. The van der Waals surface area contributed by atoms with E-state index < -0.39 is 11.8 Å². The molecule has 1 fully saturated rings. The number of aryl methyl sites for hydroxylation is 1. The fraction of sp³-hybridized carbons (Fsp3) is 0.314. The van der Waals surface area contributed by atoms with Crippen LogP contribution in [0.4, 0.5) is 5.69 Å². The van der Waals surface area contributed by atoms with Gasteiger partial charge in [-0.3, -0.25) is 24.2 Å². The molecule has 1 aliphatic carbocycles. The highest BCUT2D eigenvalue weighted by Crippen LogP contribution is 2.37. The van der Waals surface area contributed by atoms with Gasteiger partial charge in [0, 0.05) is 34.7 Å². The number of fused-ring (bicyclic) bond motifs is 1. The third-order valence-electron chi connectivity index (χ3n) is 8.02. The van der Waals surface area contributed by atoms with E-state index in [1.165, 1.54) is 7.11 Å². The SMILES string of the molecule is COC(=O)CC1CCC(C(=O)Nc2ccc(OCc3cc(C)nc4ccccc34)cc2)C(C(=O)NOCc2ccccc2)C1. The number of hydroxylamine groups is 1. The summed E-state index contributed by atoms with van der Waals surface area (Å²) >= 11 is 0. The molecular weight excluding hydrogens is 558 g/mol. The number of amides is 2. The van der Waals surface area contributed by atoms with Crippen LogP contribution in [0.3, 0.4) is 0 Å². The lowest BCUT2D eigenvalue weighted by atomic mass is 9.72. The summed E-state index contributed by atoms with van der Waals surface area (Å²) in [6.07, 6.45) is 1.68. The fourth-order valence-corrected chi connectivity index (χ4v) is 5.75. The van der Waals surface area contributed by atoms with Crippen LogP contribution in [-0.4, -0.2) is 29.9 Å². The molecule has 1 saturated carbocycles. The van der Waals surface area contributed by atoms with Gasteiger partial charge in [0.05, 0.1) is 25.2 Å². The Morgan fingerprint density at radius 1 is 0.864 bits per heavy atom. The Morgan fingerprint density at radius 2 is 1.61 bits per heavy atom.